The fourth-order valence-corrected chi connectivity index (χ4v) is 1.78. The number of alkyl halides is 3. The molecule has 0 radical (unpaired) electrons. The molecular weight excluding hydrogens is 305 g/mol. The highest BCUT2D eigenvalue weighted by molar-refractivity contribution is 5.92. The lowest BCUT2D eigenvalue weighted by molar-refractivity contribution is -0.137. The number of nitrogens with one attached hydrogen (secondary N) is 1. The average molecular weight is 315 g/mol. The Morgan fingerprint density at radius 2 is 1.64 bits per heavy atom. The van der Waals surface area contributed by atoms with Gasteiger partial charge >= 0.3 is 6.18 Å². The summed E-state index contributed by atoms with van der Waals surface area (Å²) in [5.41, 5.74) is -1.17. The van der Waals surface area contributed by atoms with E-state index < -0.39 is 35.0 Å². The lowest BCUT2D eigenvalue weighted by Gasteiger charge is -2.11. The van der Waals surface area contributed by atoms with Gasteiger partial charge in [-0.15, -0.1) is 0 Å². The molecule has 7 heteroatoms. The Hall–Kier alpha value is -2.44. The molecule has 0 fully saturated rings. The maximum absolute atomic E-state index is 13.5. The van der Waals surface area contributed by atoms with Gasteiger partial charge in [0.05, 0.1) is 17.7 Å². The van der Waals surface area contributed by atoms with Gasteiger partial charge in [-0.1, -0.05) is 12.1 Å². The summed E-state index contributed by atoms with van der Waals surface area (Å²) in [5, 5.41) is 2.08. The molecule has 0 aliphatic heterocycles. The summed E-state index contributed by atoms with van der Waals surface area (Å²) in [6.45, 7) is 0. The molecule has 0 unspecified atom stereocenters. The first-order chi connectivity index (χ1) is 10.3. The maximum Gasteiger partial charge on any atom is 0.416 e. The van der Waals surface area contributed by atoms with E-state index in [0.717, 1.165) is 12.1 Å². The van der Waals surface area contributed by atoms with Crippen LogP contribution < -0.4 is 5.32 Å². The van der Waals surface area contributed by atoms with E-state index >= 15 is 0 Å². The molecule has 1 N–H and O–H groups in total. The van der Waals surface area contributed by atoms with E-state index in [4.69, 9.17) is 0 Å². The van der Waals surface area contributed by atoms with E-state index in [0.29, 0.717) is 23.8 Å². The van der Waals surface area contributed by atoms with E-state index in [-0.39, 0.29) is 6.42 Å². The van der Waals surface area contributed by atoms with Crippen LogP contribution in [0.15, 0.2) is 42.5 Å². The number of anilines is 1. The molecule has 0 saturated carbocycles. The Balaban J connectivity index is 2.12. The van der Waals surface area contributed by atoms with Gasteiger partial charge < -0.3 is 5.32 Å². The first kappa shape index (κ1) is 15.9. The zero-order valence-electron chi connectivity index (χ0n) is 11.0. The van der Waals surface area contributed by atoms with Crippen molar-refractivity contribution in [3.05, 3.63) is 65.2 Å². The Morgan fingerprint density at radius 1 is 1.00 bits per heavy atom. The van der Waals surface area contributed by atoms with Gasteiger partial charge in [0.25, 0.3) is 0 Å². The molecule has 0 spiro atoms. The fraction of sp³-hybridized carbons (Fsp3) is 0.133. The molecule has 2 rings (SSSR count). The van der Waals surface area contributed by atoms with Gasteiger partial charge in [-0.05, 0) is 35.9 Å². The molecule has 0 aromatic heterocycles. The van der Waals surface area contributed by atoms with Gasteiger partial charge in [0.2, 0.25) is 5.91 Å². The maximum atomic E-state index is 13.5. The quantitative estimate of drug-likeness (QED) is 0.847. The van der Waals surface area contributed by atoms with E-state index in [2.05, 4.69) is 5.32 Å². The summed E-state index contributed by atoms with van der Waals surface area (Å²) < 4.78 is 63.9. The van der Waals surface area contributed by atoms with Gasteiger partial charge in [-0.3, -0.25) is 4.79 Å². The number of rotatable bonds is 3. The number of hydrogen-bond donors (Lipinski definition) is 1. The van der Waals surface area contributed by atoms with Gasteiger partial charge in [-0.2, -0.15) is 13.2 Å². The van der Waals surface area contributed by atoms with E-state index in [9.17, 15) is 26.7 Å². The summed E-state index contributed by atoms with van der Waals surface area (Å²) in [4.78, 5) is 11.7. The van der Waals surface area contributed by atoms with Gasteiger partial charge in [0.15, 0.2) is 0 Å². The van der Waals surface area contributed by atoms with Crippen molar-refractivity contribution < 1.29 is 26.7 Å². The molecule has 22 heavy (non-hydrogen) atoms. The van der Waals surface area contributed by atoms with Crippen molar-refractivity contribution in [1.82, 2.24) is 0 Å². The zero-order valence-corrected chi connectivity index (χ0v) is 11.0. The van der Waals surface area contributed by atoms with Crippen LogP contribution in [0, 0.1) is 11.6 Å². The number of hydrogen-bond acceptors (Lipinski definition) is 1. The summed E-state index contributed by atoms with van der Waals surface area (Å²) in [6, 6.07) is 6.76. The molecule has 1 amide bonds. The van der Waals surface area contributed by atoms with Crippen LogP contribution in [-0.4, -0.2) is 5.91 Å². The number of amides is 1. The standard InChI is InChI=1S/C15H10F5NO/c16-11-4-1-9(2-5-11)7-14(22)21-13-8-10(15(18,19)20)3-6-12(13)17/h1-6,8H,7H2,(H,21,22). The molecule has 0 aliphatic rings. The Bertz CT molecular complexity index is 679. The van der Waals surface area contributed by atoms with Crippen LogP contribution in [0.1, 0.15) is 11.1 Å². The monoisotopic (exact) mass is 315 g/mol. The Kier molecular flexibility index (Phi) is 4.44. The van der Waals surface area contributed by atoms with Gasteiger partial charge in [0, 0.05) is 0 Å². The number of carbonyl (C=O) groups is 1. The van der Waals surface area contributed by atoms with Crippen molar-refractivity contribution in [3.63, 3.8) is 0 Å². The third-order valence-electron chi connectivity index (χ3n) is 2.85. The van der Waals surface area contributed by atoms with Crippen LogP contribution in [0.25, 0.3) is 0 Å². The number of benzene rings is 2. The summed E-state index contributed by atoms with van der Waals surface area (Å²) in [6.07, 6.45) is -4.85. The molecule has 0 aliphatic carbocycles. The van der Waals surface area contributed by atoms with E-state index in [1.54, 1.807) is 0 Å². The topological polar surface area (TPSA) is 29.1 Å². The third kappa shape index (κ3) is 4.03. The van der Waals surface area contributed by atoms with Crippen LogP contribution in [0.5, 0.6) is 0 Å². The molecule has 2 aromatic rings. The minimum Gasteiger partial charge on any atom is -0.323 e. The van der Waals surface area contributed by atoms with Crippen molar-refractivity contribution in [1.29, 1.82) is 0 Å². The van der Waals surface area contributed by atoms with Crippen LogP contribution in [0.3, 0.4) is 0 Å². The number of carbonyl (C=O) groups excluding carboxylic acids is 1. The second kappa shape index (κ2) is 6.13. The minimum absolute atomic E-state index is 0.212. The van der Waals surface area contributed by atoms with Gasteiger partial charge in [0.1, 0.15) is 11.6 Å². The Morgan fingerprint density at radius 3 is 2.23 bits per heavy atom. The lowest BCUT2D eigenvalue weighted by atomic mass is 10.1. The summed E-state index contributed by atoms with van der Waals surface area (Å²) in [7, 11) is 0. The predicted octanol–water partition coefficient (Wildman–Crippen LogP) is 4.16. The predicted molar refractivity (Wildman–Crippen MR) is 70.1 cm³/mol. The highest BCUT2D eigenvalue weighted by Crippen LogP contribution is 2.31. The first-order valence-corrected chi connectivity index (χ1v) is 6.17. The van der Waals surface area contributed by atoms with Crippen LogP contribution in [0.4, 0.5) is 27.6 Å². The van der Waals surface area contributed by atoms with E-state index in [1.807, 2.05) is 0 Å². The average Bonchev–Trinajstić information content (AvgIpc) is 2.42. The molecular formula is C15H10F5NO. The van der Waals surface area contributed by atoms with Crippen molar-refractivity contribution in [2.75, 3.05) is 5.32 Å². The summed E-state index contributed by atoms with van der Waals surface area (Å²) >= 11 is 0. The minimum atomic E-state index is -4.63. The van der Waals surface area contributed by atoms with Crippen LogP contribution >= 0.6 is 0 Å². The second-order valence-corrected chi connectivity index (χ2v) is 4.54. The smallest absolute Gasteiger partial charge is 0.323 e. The van der Waals surface area contributed by atoms with Crippen molar-refractivity contribution >= 4 is 11.6 Å². The highest BCUT2D eigenvalue weighted by atomic mass is 19.4. The van der Waals surface area contributed by atoms with Crippen molar-refractivity contribution in [2.24, 2.45) is 0 Å². The third-order valence-corrected chi connectivity index (χ3v) is 2.85. The van der Waals surface area contributed by atoms with Crippen molar-refractivity contribution in [3.8, 4) is 0 Å². The molecule has 0 atom stereocenters. The largest absolute Gasteiger partial charge is 0.416 e. The summed E-state index contributed by atoms with van der Waals surface area (Å²) in [5.74, 6) is -2.15. The molecule has 2 aromatic carbocycles. The fourth-order valence-electron chi connectivity index (χ4n) is 1.78. The normalized spacial score (nSPS) is 11.3. The molecule has 0 bridgehead atoms. The molecule has 0 heterocycles. The second-order valence-electron chi connectivity index (χ2n) is 4.54. The number of halogens is 5. The molecule has 116 valence electrons. The van der Waals surface area contributed by atoms with Gasteiger partial charge in [-0.25, -0.2) is 8.78 Å². The highest BCUT2D eigenvalue weighted by Gasteiger charge is 2.31. The van der Waals surface area contributed by atoms with E-state index in [1.165, 1.54) is 12.1 Å². The Labute approximate surface area is 122 Å². The van der Waals surface area contributed by atoms with Crippen molar-refractivity contribution in [2.45, 2.75) is 12.6 Å². The first-order valence-electron chi connectivity index (χ1n) is 6.17. The molecule has 0 saturated heterocycles. The van der Waals surface area contributed by atoms with Crippen LogP contribution in [0.2, 0.25) is 0 Å². The lowest BCUT2D eigenvalue weighted by Crippen LogP contribution is -2.16. The van der Waals surface area contributed by atoms with Crippen LogP contribution in [-0.2, 0) is 17.4 Å². The zero-order chi connectivity index (χ0) is 16.3. The SMILES string of the molecule is O=C(Cc1ccc(F)cc1)Nc1cc(C(F)(F)F)ccc1F. The molecule has 2 nitrogen and oxygen atoms in total.